The molecule has 0 bridgehead atoms. The number of thiophene rings is 1. The van der Waals surface area contributed by atoms with Gasteiger partial charge in [0.05, 0.1) is 17.9 Å². The van der Waals surface area contributed by atoms with Gasteiger partial charge in [0.1, 0.15) is 10.8 Å². The van der Waals surface area contributed by atoms with Crippen LogP contribution in [0.2, 0.25) is 0 Å². The molecule has 24 heavy (non-hydrogen) atoms. The molecule has 0 aromatic carbocycles. The minimum Gasteiger partial charge on any atom is -0.462 e. The van der Waals surface area contributed by atoms with E-state index in [1.165, 1.54) is 23.1 Å². The van der Waals surface area contributed by atoms with Crippen molar-refractivity contribution >= 4 is 40.0 Å². The molecule has 2 rings (SSSR count). The molecule has 1 N–H and O–H groups in total. The van der Waals surface area contributed by atoms with Gasteiger partial charge in [0, 0.05) is 11.9 Å². The summed E-state index contributed by atoms with van der Waals surface area (Å²) < 4.78 is 6.87. The second-order valence-electron chi connectivity index (χ2n) is 4.96. The van der Waals surface area contributed by atoms with Gasteiger partial charge in [-0.1, -0.05) is 18.7 Å². The number of carbonyl (C=O) groups is 2. The molecule has 9 heteroatoms. The third-order valence-electron chi connectivity index (χ3n) is 3.26. The molecular weight excluding hydrogens is 348 g/mol. The smallest absolute Gasteiger partial charge is 0.341 e. The van der Waals surface area contributed by atoms with Gasteiger partial charge >= 0.3 is 5.97 Å². The number of amides is 1. The number of carbonyl (C=O) groups excluding carboxylic acids is 2. The Labute approximate surface area is 148 Å². The van der Waals surface area contributed by atoms with E-state index in [2.05, 4.69) is 15.5 Å². The Kier molecular flexibility index (Phi) is 6.38. The van der Waals surface area contributed by atoms with Crippen molar-refractivity contribution < 1.29 is 14.3 Å². The molecule has 0 aliphatic rings. The van der Waals surface area contributed by atoms with Crippen LogP contribution in [0.25, 0.3) is 0 Å². The standard InChI is InChI=1S/C15H20N4O3S2/c1-5-10-7-11(14(21)22-6-2)13(24-10)16-12(20)8-23-15-18-17-9(3)19(15)4/h7H,5-6,8H2,1-4H3,(H,16,20). The zero-order chi connectivity index (χ0) is 17.7. The zero-order valence-electron chi connectivity index (χ0n) is 14.1. The summed E-state index contributed by atoms with van der Waals surface area (Å²) in [6, 6.07) is 1.78. The highest BCUT2D eigenvalue weighted by molar-refractivity contribution is 7.99. The summed E-state index contributed by atoms with van der Waals surface area (Å²) in [6.07, 6.45) is 0.792. The maximum absolute atomic E-state index is 12.2. The van der Waals surface area contributed by atoms with Gasteiger partial charge < -0.3 is 14.6 Å². The molecule has 0 fully saturated rings. The van der Waals surface area contributed by atoms with Gasteiger partial charge in [-0.3, -0.25) is 4.79 Å². The first-order chi connectivity index (χ1) is 11.5. The topological polar surface area (TPSA) is 86.1 Å². The summed E-state index contributed by atoms with van der Waals surface area (Å²) in [5.74, 6) is 0.359. The van der Waals surface area contributed by atoms with Crippen LogP contribution >= 0.6 is 23.1 Å². The molecule has 0 unspecified atom stereocenters. The number of nitrogens with zero attached hydrogens (tertiary/aromatic N) is 3. The van der Waals surface area contributed by atoms with E-state index in [-0.39, 0.29) is 11.7 Å². The van der Waals surface area contributed by atoms with Crippen molar-refractivity contribution in [3.8, 4) is 0 Å². The van der Waals surface area contributed by atoms with Gasteiger partial charge in [-0.2, -0.15) is 0 Å². The second kappa shape index (κ2) is 8.29. The van der Waals surface area contributed by atoms with Crippen molar-refractivity contribution in [2.24, 2.45) is 7.05 Å². The van der Waals surface area contributed by atoms with Gasteiger partial charge in [-0.05, 0) is 26.3 Å². The summed E-state index contributed by atoms with van der Waals surface area (Å²) in [5, 5.41) is 12.0. The number of hydrogen-bond acceptors (Lipinski definition) is 7. The maximum atomic E-state index is 12.2. The lowest BCUT2D eigenvalue weighted by atomic mass is 10.2. The van der Waals surface area contributed by atoms with E-state index in [4.69, 9.17) is 4.74 Å². The normalized spacial score (nSPS) is 10.7. The first kappa shape index (κ1) is 18.5. The molecule has 0 atom stereocenters. The van der Waals surface area contributed by atoms with E-state index in [0.29, 0.717) is 22.3 Å². The molecule has 2 aromatic rings. The van der Waals surface area contributed by atoms with E-state index >= 15 is 0 Å². The SMILES string of the molecule is CCOC(=O)c1cc(CC)sc1NC(=O)CSc1nnc(C)n1C. The van der Waals surface area contributed by atoms with Gasteiger partial charge in [0.25, 0.3) is 0 Å². The third-order valence-corrected chi connectivity index (χ3v) is 5.48. The Balaban J connectivity index is 2.04. The van der Waals surface area contributed by atoms with Crippen LogP contribution in [-0.4, -0.2) is 39.0 Å². The monoisotopic (exact) mass is 368 g/mol. The van der Waals surface area contributed by atoms with Crippen molar-refractivity contribution in [3.63, 3.8) is 0 Å². The summed E-state index contributed by atoms with van der Waals surface area (Å²) in [5.41, 5.74) is 0.409. The van der Waals surface area contributed by atoms with Crippen molar-refractivity contribution in [1.29, 1.82) is 0 Å². The van der Waals surface area contributed by atoms with E-state index in [1.54, 1.807) is 13.0 Å². The number of esters is 1. The Morgan fingerprint density at radius 1 is 1.38 bits per heavy atom. The lowest BCUT2D eigenvalue weighted by molar-refractivity contribution is -0.113. The number of ether oxygens (including phenoxy) is 1. The van der Waals surface area contributed by atoms with Crippen molar-refractivity contribution in [3.05, 3.63) is 22.3 Å². The minimum absolute atomic E-state index is 0.188. The van der Waals surface area contributed by atoms with Crippen LogP contribution in [0.4, 0.5) is 5.00 Å². The lowest BCUT2D eigenvalue weighted by Gasteiger charge is -2.06. The highest BCUT2D eigenvalue weighted by atomic mass is 32.2. The van der Waals surface area contributed by atoms with Crippen LogP contribution in [0.15, 0.2) is 11.2 Å². The fourth-order valence-corrected chi connectivity index (χ4v) is 3.63. The molecule has 0 aliphatic heterocycles. The number of nitrogens with one attached hydrogen (secondary N) is 1. The molecule has 0 aliphatic carbocycles. The summed E-state index contributed by atoms with van der Waals surface area (Å²) in [7, 11) is 1.85. The molecule has 0 radical (unpaired) electrons. The fourth-order valence-electron chi connectivity index (χ4n) is 1.88. The molecule has 2 heterocycles. The first-order valence-corrected chi connectivity index (χ1v) is 9.34. The van der Waals surface area contributed by atoms with Gasteiger partial charge in [0.15, 0.2) is 5.16 Å². The van der Waals surface area contributed by atoms with Crippen LogP contribution in [0.1, 0.15) is 34.9 Å². The molecule has 7 nitrogen and oxygen atoms in total. The average Bonchev–Trinajstić information content (AvgIpc) is 3.10. The van der Waals surface area contributed by atoms with E-state index in [9.17, 15) is 9.59 Å². The average molecular weight is 368 g/mol. The molecular formula is C15H20N4O3S2. The summed E-state index contributed by atoms with van der Waals surface area (Å²) in [4.78, 5) is 25.2. The van der Waals surface area contributed by atoms with Crippen LogP contribution in [0.3, 0.4) is 0 Å². The van der Waals surface area contributed by atoms with Crippen LogP contribution in [-0.2, 0) is 23.0 Å². The summed E-state index contributed by atoms with van der Waals surface area (Å²) >= 11 is 2.69. The predicted octanol–water partition coefficient (Wildman–Crippen LogP) is 2.65. The number of aryl methyl sites for hydroxylation is 2. The Bertz CT molecular complexity index is 739. The molecule has 0 saturated heterocycles. The number of aromatic nitrogens is 3. The largest absolute Gasteiger partial charge is 0.462 e. The van der Waals surface area contributed by atoms with E-state index in [1.807, 2.05) is 25.5 Å². The maximum Gasteiger partial charge on any atom is 0.341 e. The van der Waals surface area contributed by atoms with Gasteiger partial charge in [0.2, 0.25) is 5.91 Å². The van der Waals surface area contributed by atoms with Gasteiger partial charge in [-0.25, -0.2) is 4.79 Å². The molecule has 0 spiro atoms. The van der Waals surface area contributed by atoms with Gasteiger partial charge in [-0.15, -0.1) is 21.5 Å². The highest BCUT2D eigenvalue weighted by Gasteiger charge is 2.19. The zero-order valence-corrected chi connectivity index (χ0v) is 15.7. The number of thioether (sulfide) groups is 1. The number of anilines is 1. The molecule has 0 saturated carbocycles. The molecule has 130 valence electrons. The first-order valence-electron chi connectivity index (χ1n) is 7.54. The molecule has 2 aromatic heterocycles. The highest BCUT2D eigenvalue weighted by Crippen LogP contribution is 2.29. The van der Waals surface area contributed by atoms with Crippen LogP contribution in [0, 0.1) is 6.92 Å². The quantitative estimate of drug-likeness (QED) is 0.597. The van der Waals surface area contributed by atoms with Crippen LogP contribution in [0.5, 0.6) is 0 Å². The molecule has 1 amide bonds. The Morgan fingerprint density at radius 2 is 2.12 bits per heavy atom. The van der Waals surface area contributed by atoms with Crippen LogP contribution < -0.4 is 5.32 Å². The lowest BCUT2D eigenvalue weighted by Crippen LogP contribution is -2.16. The number of hydrogen-bond donors (Lipinski definition) is 1. The Morgan fingerprint density at radius 3 is 2.71 bits per heavy atom. The third kappa shape index (κ3) is 4.35. The minimum atomic E-state index is -0.416. The van der Waals surface area contributed by atoms with Crippen molar-refractivity contribution in [1.82, 2.24) is 14.8 Å². The fraction of sp³-hybridized carbons (Fsp3) is 0.467. The summed E-state index contributed by atoms with van der Waals surface area (Å²) in [6.45, 7) is 5.90. The second-order valence-corrected chi connectivity index (χ2v) is 7.03. The van der Waals surface area contributed by atoms with Crippen molar-refractivity contribution in [2.45, 2.75) is 32.3 Å². The van der Waals surface area contributed by atoms with Crippen molar-refractivity contribution in [2.75, 3.05) is 17.7 Å². The number of rotatable bonds is 7. The Hall–Kier alpha value is -1.87. The van der Waals surface area contributed by atoms with E-state index < -0.39 is 5.97 Å². The van der Waals surface area contributed by atoms with E-state index in [0.717, 1.165) is 17.1 Å². The predicted molar refractivity (Wildman–Crippen MR) is 94.7 cm³/mol.